The number of carboxylic acids is 1. The van der Waals surface area contributed by atoms with Crippen LogP contribution in [-0.4, -0.2) is 53.2 Å². The largest absolute Gasteiger partial charge is 0.480 e. The van der Waals surface area contributed by atoms with Crippen LogP contribution in [0.1, 0.15) is 46.0 Å². The Bertz CT molecular complexity index is 483. The zero-order valence-corrected chi connectivity index (χ0v) is 14.0. The highest BCUT2D eigenvalue weighted by molar-refractivity contribution is 5.77. The van der Waals surface area contributed by atoms with E-state index in [1.54, 1.807) is 0 Å². The van der Waals surface area contributed by atoms with Crippen molar-refractivity contribution >= 4 is 11.9 Å². The van der Waals surface area contributed by atoms with Crippen molar-refractivity contribution in [2.24, 2.45) is 11.3 Å². The third-order valence-electron chi connectivity index (χ3n) is 4.89. The van der Waals surface area contributed by atoms with Crippen LogP contribution in [0.4, 0.5) is 13.2 Å². The molecule has 0 aliphatic heterocycles. The van der Waals surface area contributed by atoms with E-state index in [0.717, 1.165) is 33.2 Å². The highest BCUT2D eigenvalue weighted by atomic mass is 19.4. The van der Waals surface area contributed by atoms with E-state index < -0.39 is 29.9 Å². The maximum Gasteiger partial charge on any atom is 0.394 e. The molecule has 0 bridgehead atoms. The first-order valence-corrected chi connectivity index (χ1v) is 8.30. The molecule has 2 N–H and O–H groups in total. The minimum Gasteiger partial charge on any atom is -0.480 e. The van der Waals surface area contributed by atoms with Gasteiger partial charge in [0, 0.05) is 25.0 Å². The predicted octanol–water partition coefficient (Wildman–Crippen LogP) is 2.41. The molecule has 2 aliphatic rings. The maximum absolute atomic E-state index is 12.8. The molecule has 24 heavy (non-hydrogen) atoms. The highest BCUT2D eigenvalue weighted by Gasteiger charge is 2.48. The van der Waals surface area contributed by atoms with Gasteiger partial charge in [0.15, 0.2) is 0 Å². The van der Waals surface area contributed by atoms with Gasteiger partial charge in [-0.05, 0) is 31.6 Å². The van der Waals surface area contributed by atoms with Crippen LogP contribution in [0.3, 0.4) is 0 Å². The minimum absolute atomic E-state index is 0.0249. The van der Waals surface area contributed by atoms with Crippen LogP contribution in [0.5, 0.6) is 0 Å². The Balaban J connectivity index is 1.76. The smallest absolute Gasteiger partial charge is 0.394 e. The molecule has 0 saturated heterocycles. The number of aliphatic carboxylic acids is 1. The van der Waals surface area contributed by atoms with Gasteiger partial charge in [0.1, 0.15) is 0 Å². The SMILES string of the molecule is CC(C)(CC(=O)NC1CC(N(CC(=O)O)CC2CC2)C1)C(F)(F)F. The lowest BCUT2D eigenvalue weighted by Gasteiger charge is -2.43. The Hall–Kier alpha value is -1.31. The number of carbonyl (C=O) groups excluding carboxylic acids is 1. The quantitative estimate of drug-likeness (QED) is 0.705. The Morgan fingerprint density at radius 1 is 1.21 bits per heavy atom. The molecule has 0 aromatic rings. The molecule has 2 saturated carbocycles. The number of halogens is 3. The molecule has 0 aromatic heterocycles. The van der Waals surface area contributed by atoms with E-state index in [1.807, 2.05) is 4.90 Å². The summed E-state index contributed by atoms with van der Waals surface area (Å²) in [6.07, 6.45) is -1.59. The van der Waals surface area contributed by atoms with Crippen LogP contribution in [-0.2, 0) is 9.59 Å². The van der Waals surface area contributed by atoms with Crippen molar-refractivity contribution in [3.63, 3.8) is 0 Å². The van der Waals surface area contributed by atoms with Crippen LogP contribution in [0.15, 0.2) is 0 Å². The van der Waals surface area contributed by atoms with Crippen LogP contribution in [0, 0.1) is 11.3 Å². The molecule has 0 radical (unpaired) electrons. The average Bonchev–Trinajstić information content (AvgIpc) is 3.13. The second-order valence-electron chi connectivity index (χ2n) is 7.71. The third-order valence-corrected chi connectivity index (χ3v) is 4.89. The number of carbonyl (C=O) groups is 2. The summed E-state index contributed by atoms with van der Waals surface area (Å²) in [5.74, 6) is -0.923. The molecule has 0 atom stereocenters. The molecule has 0 heterocycles. The predicted molar refractivity (Wildman–Crippen MR) is 81.3 cm³/mol. The molecule has 8 heteroatoms. The second kappa shape index (κ2) is 6.90. The first-order chi connectivity index (χ1) is 11.0. The fraction of sp³-hybridized carbons (Fsp3) is 0.875. The number of hydrogen-bond acceptors (Lipinski definition) is 3. The zero-order chi connectivity index (χ0) is 18.1. The number of hydrogen-bond donors (Lipinski definition) is 2. The summed E-state index contributed by atoms with van der Waals surface area (Å²) in [6.45, 7) is 2.75. The molecule has 2 aliphatic carbocycles. The first-order valence-electron chi connectivity index (χ1n) is 8.30. The van der Waals surface area contributed by atoms with Crippen LogP contribution in [0.25, 0.3) is 0 Å². The Labute approximate surface area is 139 Å². The van der Waals surface area contributed by atoms with Gasteiger partial charge in [-0.2, -0.15) is 13.2 Å². The molecule has 0 spiro atoms. The van der Waals surface area contributed by atoms with E-state index >= 15 is 0 Å². The lowest BCUT2D eigenvalue weighted by atomic mass is 9.83. The molecule has 1 amide bonds. The van der Waals surface area contributed by atoms with Gasteiger partial charge < -0.3 is 10.4 Å². The van der Waals surface area contributed by atoms with E-state index in [1.165, 1.54) is 0 Å². The topological polar surface area (TPSA) is 69.6 Å². The lowest BCUT2D eigenvalue weighted by Crippen LogP contribution is -2.55. The molecule has 0 unspecified atom stereocenters. The monoisotopic (exact) mass is 350 g/mol. The number of rotatable bonds is 8. The molecule has 138 valence electrons. The van der Waals surface area contributed by atoms with Crippen molar-refractivity contribution in [1.29, 1.82) is 0 Å². The summed E-state index contributed by atoms with van der Waals surface area (Å²) >= 11 is 0. The molecular weight excluding hydrogens is 325 g/mol. The average molecular weight is 350 g/mol. The van der Waals surface area contributed by atoms with E-state index in [2.05, 4.69) is 5.32 Å². The standard InChI is InChI=1S/C16H25F3N2O3/c1-15(2,16(17,18)19)7-13(22)20-11-5-12(6-11)21(9-14(23)24)8-10-3-4-10/h10-12H,3-9H2,1-2H3,(H,20,22)(H,23,24). The molecule has 2 fully saturated rings. The number of alkyl halides is 3. The van der Waals surface area contributed by atoms with Gasteiger partial charge in [0.05, 0.1) is 12.0 Å². The summed E-state index contributed by atoms with van der Waals surface area (Å²) in [5.41, 5.74) is -2.05. The van der Waals surface area contributed by atoms with Crippen molar-refractivity contribution in [3.8, 4) is 0 Å². The summed E-state index contributed by atoms with van der Waals surface area (Å²) in [4.78, 5) is 24.7. The normalized spacial score (nSPS) is 24.6. The van der Waals surface area contributed by atoms with Crippen LogP contribution >= 0.6 is 0 Å². The van der Waals surface area contributed by atoms with Gasteiger partial charge in [0.2, 0.25) is 5.91 Å². The highest BCUT2D eigenvalue weighted by Crippen LogP contribution is 2.40. The van der Waals surface area contributed by atoms with Crippen LogP contribution < -0.4 is 5.32 Å². The van der Waals surface area contributed by atoms with Gasteiger partial charge in [-0.1, -0.05) is 13.8 Å². The van der Waals surface area contributed by atoms with E-state index in [0.29, 0.717) is 18.8 Å². The van der Waals surface area contributed by atoms with Crippen molar-refractivity contribution in [1.82, 2.24) is 10.2 Å². The number of carboxylic acid groups (broad SMARTS) is 1. The van der Waals surface area contributed by atoms with E-state index in [4.69, 9.17) is 5.11 Å². The summed E-state index contributed by atoms with van der Waals surface area (Å²) in [5, 5.41) is 11.6. The fourth-order valence-electron chi connectivity index (χ4n) is 2.93. The Morgan fingerprint density at radius 3 is 2.25 bits per heavy atom. The maximum atomic E-state index is 12.8. The third kappa shape index (κ3) is 5.09. The fourth-order valence-corrected chi connectivity index (χ4v) is 2.93. The van der Waals surface area contributed by atoms with E-state index in [-0.39, 0.29) is 18.6 Å². The number of nitrogens with zero attached hydrogens (tertiary/aromatic N) is 1. The first kappa shape index (κ1) is 19.0. The lowest BCUT2D eigenvalue weighted by molar-refractivity contribution is -0.214. The molecular formula is C16H25F3N2O3. The van der Waals surface area contributed by atoms with Gasteiger partial charge in [-0.15, -0.1) is 0 Å². The van der Waals surface area contributed by atoms with Gasteiger partial charge >= 0.3 is 12.1 Å². The van der Waals surface area contributed by atoms with Crippen molar-refractivity contribution in [3.05, 3.63) is 0 Å². The number of amides is 1. The zero-order valence-electron chi connectivity index (χ0n) is 14.0. The van der Waals surface area contributed by atoms with Crippen molar-refractivity contribution in [2.45, 2.75) is 64.2 Å². The summed E-state index contributed by atoms with van der Waals surface area (Å²) < 4.78 is 38.4. The molecule has 5 nitrogen and oxygen atoms in total. The molecule has 2 rings (SSSR count). The van der Waals surface area contributed by atoms with Gasteiger partial charge in [0.25, 0.3) is 0 Å². The summed E-state index contributed by atoms with van der Waals surface area (Å²) in [6, 6.07) is -0.0790. The minimum atomic E-state index is -4.42. The molecule has 0 aromatic carbocycles. The van der Waals surface area contributed by atoms with Crippen molar-refractivity contribution < 1.29 is 27.9 Å². The summed E-state index contributed by atoms with van der Waals surface area (Å²) in [7, 11) is 0. The van der Waals surface area contributed by atoms with Crippen molar-refractivity contribution in [2.75, 3.05) is 13.1 Å². The van der Waals surface area contributed by atoms with Gasteiger partial charge in [-0.3, -0.25) is 14.5 Å². The Kier molecular flexibility index (Phi) is 5.47. The van der Waals surface area contributed by atoms with Crippen LogP contribution in [0.2, 0.25) is 0 Å². The number of nitrogens with one attached hydrogen (secondary N) is 1. The van der Waals surface area contributed by atoms with Gasteiger partial charge in [-0.25, -0.2) is 0 Å². The second-order valence-corrected chi connectivity index (χ2v) is 7.71. The van der Waals surface area contributed by atoms with E-state index in [9.17, 15) is 22.8 Å². The Morgan fingerprint density at radius 2 is 1.79 bits per heavy atom.